The van der Waals surface area contributed by atoms with Crippen LogP contribution in [0.15, 0.2) is 0 Å². The summed E-state index contributed by atoms with van der Waals surface area (Å²) in [5, 5.41) is 8.23. The van der Waals surface area contributed by atoms with E-state index in [4.69, 9.17) is 10.8 Å². The van der Waals surface area contributed by atoms with Crippen molar-refractivity contribution in [3.8, 4) is 0 Å². The smallest absolute Gasteiger partial charge is 0.392 e. The third kappa shape index (κ3) is 7.83. The van der Waals surface area contributed by atoms with Crippen LogP contribution in [0.3, 0.4) is 0 Å². The Labute approximate surface area is 92.6 Å². The standard InChI is InChI=1S/C8H11F6NO2/c9-7(10,11)3-5(15)1-4(2-6(16)17)8(12,13)14/h4-5H,1-3,15H2,(H,16,17). The van der Waals surface area contributed by atoms with Gasteiger partial charge in [0.2, 0.25) is 0 Å². The minimum Gasteiger partial charge on any atom is -0.481 e. The van der Waals surface area contributed by atoms with Crippen LogP contribution < -0.4 is 5.73 Å². The van der Waals surface area contributed by atoms with Gasteiger partial charge in [-0.3, -0.25) is 4.79 Å². The van der Waals surface area contributed by atoms with Gasteiger partial charge in [-0.15, -0.1) is 0 Å². The minimum absolute atomic E-state index is 1.06. The average molecular weight is 267 g/mol. The summed E-state index contributed by atoms with van der Waals surface area (Å²) in [4.78, 5) is 10.2. The highest BCUT2D eigenvalue weighted by Crippen LogP contribution is 2.34. The van der Waals surface area contributed by atoms with Crippen molar-refractivity contribution >= 4 is 5.97 Å². The number of rotatable bonds is 5. The highest BCUT2D eigenvalue weighted by atomic mass is 19.4. The Hall–Kier alpha value is -0.990. The molecule has 3 nitrogen and oxygen atoms in total. The Morgan fingerprint density at radius 3 is 1.94 bits per heavy atom. The molecule has 9 heteroatoms. The summed E-state index contributed by atoms with van der Waals surface area (Å²) in [6.45, 7) is 0. The maximum Gasteiger partial charge on any atom is 0.392 e. The van der Waals surface area contributed by atoms with Gasteiger partial charge >= 0.3 is 18.3 Å². The van der Waals surface area contributed by atoms with Gasteiger partial charge in [0.25, 0.3) is 0 Å². The van der Waals surface area contributed by atoms with E-state index in [0.29, 0.717) is 0 Å². The van der Waals surface area contributed by atoms with Crippen molar-refractivity contribution in [2.75, 3.05) is 0 Å². The molecule has 2 unspecified atom stereocenters. The van der Waals surface area contributed by atoms with Gasteiger partial charge in [-0.05, 0) is 6.42 Å². The predicted molar refractivity (Wildman–Crippen MR) is 45.1 cm³/mol. The number of carboxylic acid groups (broad SMARTS) is 1. The molecule has 17 heavy (non-hydrogen) atoms. The molecule has 0 aromatic rings. The van der Waals surface area contributed by atoms with Crippen LogP contribution in [-0.2, 0) is 4.79 Å². The van der Waals surface area contributed by atoms with Crippen LogP contribution in [0.4, 0.5) is 26.3 Å². The summed E-state index contributed by atoms with van der Waals surface area (Å²) < 4.78 is 72.3. The summed E-state index contributed by atoms with van der Waals surface area (Å²) in [6.07, 6.45) is -13.5. The molecule has 0 aliphatic heterocycles. The van der Waals surface area contributed by atoms with Crippen molar-refractivity contribution in [1.82, 2.24) is 0 Å². The molecule has 0 heterocycles. The molecular weight excluding hydrogens is 256 g/mol. The van der Waals surface area contributed by atoms with E-state index in [1.54, 1.807) is 0 Å². The average Bonchev–Trinajstić information content (AvgIpc) is 1.95. The SMILES string of the molecule is NC(CC(CC(=O)O)C(F)(F)F)CC(F)(F)F. The molecule has 0 aromatic carbocycles. The monoisotopic (exact) mass is 267 g/mol. The van der Waals surface area contributed by atoms with E-state index in [-0.39, 0.29) is 0 Å². The van der Waals surface area contributed by atoms with Gasteiger partial charge in [0.05, 0.1) is 18.8 Å². The summed E-state index contributed by atoms with van der Waals surface area (Å²) >= 11 is 0. The van der Waals surface area contributed by atoms with Gasteiger partial charge in [-0.1, -0.05) is 0 Å². The maximum atomic E-state index is 12.3. The quantitative estimate of drug-likeness (QED) is 0.751. The van der Waals surface area contributed by atoms with Gasteiger partial charge in [-0.25, -0.2) is 0 Å². The Morgan fingerprint density at radius 1 is 1.18 bits per heavy atom. The number of nitrogens with two attached hydrogens (primary N) is 1. The molecule has 0 bridgehead atoms. The second-order valence-electron chi connectivity index (χ2n) is 3.65. The number of halogens is 6. The minimum atomic E-state index is -4.87. The molecule has 2 atom stereocenters. The molecule has 0 aliphatic carbocycles. The van der Waals surface area contributed by atoms with Crippen LogP contribution in [0.2, 0.25) is 0 Å². The fraction of sp³-hybridized carbons (Fsp3) is 0.875. The van der Waals surface area contributed by atoms with Crippen molar-refractivity contribution in [3.63, 3.8) is 0 Å². The zero-order valence-electron chi connectivity index (χ0n) is 8.48. The Bertz CT molecular complexity index is 262. The lowest BCUT2D eigenvalue weighted by Crippen LogP contribution is -2.35. The molecule has 0 aromatic heterocycles. The predicted octanol–water partition coefficient (Wildman–Crippen LogP) is 2.31. The molecule has 0 radical (unpaired) electrons. The van der Waals surface area contributed by atoms with Crippen LogP contribution in [-0.4, -0.2) is 29.5 Å². The highest BCUT2D eigenvalue weighted by molar-refractivity contribution is 5.67. The number of hydrogen-bond acceptors (Lipinski definition) is 2. The lowest BCUT2D eigenvalue weighted by Gasteiger charge is -2.22. The molecule has 0 aliphatic rings. The van der Waals surface area contributed by atoms with Gasteiger partial charge in [0.1, 0.15) is 0 Å². The molecule has 0 saturated carbocycles. The van der Waals surface area contributed by atoms with Gasteiger partial charge < -0.3 is 10.8 Å². The molecule has 102 valence electrons. The van der Waals surface area contributed by atoms with Crippen LogP contribution in [0, 0.1) is 5.92 Å². The van der Waals surface area contributed by atoms with Crippen molar-refractivity contribution in [2.24, 2.45) is 11.7 Å². The summed E-state index contributed by atoms with van der Waals surface area (Å²) in [6, 6.07) is -1.76. The fourth-order valence-electron chi connectivity index (χ4n) is 1.29. The number of hydrogen-bond donors (Lipinski definition) is 2. The summed E-state index contributed by atoms with van der Waals surface area (Å²) in [5.41, 5.74) is 4.92. The van der Waals surface area contributed by atoms with Crippen molar-refractivity contribution in [1.29, 1.82) is 0 Å². The lowest BCUT2D eigenvalue weighted by atomic mass is 9.94. The van der Waals surface area contributed by atoms with Crippen LogP contribution in [0.25, 0.3) is 0 Å². The fourth-order valence-corrected chi connectivity index (χ4v) is 1.29. The van der Waals surface area contributed by atoms with Crippen LogP contribution >= 0.6 is 0 Å². The first-order valence-corrected chi connectivity index (χ1v) is 4.52. The topological polar surface area (TPSA) is 63.3 Å². The Morgan fingerprint density at radius 2 is 1.65 bits per heavy atom. The number of aliphatic carboxylic acids is 1. The van der Waals surface area contributed by atoms with Crippen molar-refractivity contribution in [3.05, 3.63) is 0 Å². The zero-order valence-corrected chi connectivity index (χ0v) is 8.48. The van der Waals surface area contributed by atoms with E-state index in [2.05, 4.69) is 0 Å². The van der Waals surface area contributed by atoms with E-state index in [0.717, 1.165) is 0 Å². The van der Waals surface area contributed by atoms with E-state index >= 15 is 0 Å². The second kappa shape index (κ2) is 5.56. The third-order valence-corrected chi connectivity index (χ3v) is 1.96. The maximum absolute atomic E-state index is 12.3. The molecule has 0 spiro atoms. The number of alkyl halides is 6. The molecule has 0 saturated heterocycles. The third-order valence-electron chi connectivity index (χ3n) is 1.96. The van der Waals surface area contributed by atoms with Crippen molar-refractivity contribution in [2.45, 2.75) is 37.7 Å². The zero-order chi connectivity index (χ0) is 13.9. The first-order valence-electron chi connectivity index (χ1n) is 4.52. The number of carboxylic acids is 1. The summed E-state index contributed by atoms with van der Waals surface area (Å²) in [7, 11) is 0. The van der Waals surface area contributed by atoms with Gasteiger partial charge in [-0.2, -0.15) is 26.3 Å². The first kappa shape index (κ1) is 16.0. The van der Waals surface area contributed by atoms with Crippen LogP contribution in [0.5, 0.6) is 0 Å². The second-order valence-corrected chi connectivity index (χ2v) is 3.65. The normalized spacial score (nSPS) is 16.6. The highest BCUT2D eigenvalue weighted by Gasteiger charge is 2.43. The van der Waals surface area contributed by atoms with E-state index in [1.165, 1.54) is 0 Å². The number of carbonyl (C=O) groups is 1. The molecule has 0 rings (SSSR count). The Kier molecular flexibility index (Phi) is 5.24. The largest absolute Gasteiger partial charge is 0.481 e. The molecule has 0 fully saturated rings. The molecule has 0 amide bonds. The summed E-state index contributed by atoms with van der Waals surface area (Å²) in [5.74, 6) is -4.09. The molecular formula is C8H11F6NO2. The first-order chi connectivity index (χ1) is 7.42. The Balaban J connectivity index is 4.49. The molecule has 3 N–H and O–H groups in total. The van der Waals surface area contributed by atoms with Crippen LogP contribution in [0.1, 0.15) is 19.3 Å². The van der Waals surface area contributed by atoms with Crippen molar-refractivity contribution < 1.29 is 36.2 Å². The lowest BCUT2D eigenvalue weighted by molar-refractivity contribution is -0.188. The van der Waals surface area contributed by atoms with E-state index < -0.39 is 49.5 Å². The van der Waals surface area contributed by atoms with Gasteiger partial charge in [0.15, 0.2) is 0 Å². The van der Waals surface area contributed by atoms with Gasteiger partial charge in [0, 0.05) is 6.04 Å². The van der Waals surface area contributed by atoms with E-state index in [9.17, 15) is 31.1 Å². The van der Waals surface area contributed by atoms with E-state index in [1.807, 2.05) is 0 Å².